The molecule has 3 heterocycles. The lowest BCUT2D eigenvalue weighted by Gasteiger charge is -2.37. The van der Waals surface area contributed by atoms with E-state index in [1.54, 1.807) is 90.9 Å². The molecule has 13 nitrogen and oxygen atoms in total. The highest BCUT2D eigenvalue weighted by Crippen LogP contribution is 2.39. The molecule has 2 aliphatic heterocycles. The molecule has 0 radical (unpaired) electrons. The highest BCUT2D eigenvalue weighted by Gasteiger charge is 2.55. The van der Waals surface area contributed by atoms with Gasteiger partial charge in [0.15, 0.2) is 23.7 Å². The molecule has 0 bridgehead atoms. The number of rotatable bonds is 9. The topological polar surface area (TPSA) is 170 Å². The van der Waals surface area contributed by atoms with Crippen molar-refractivity contribution in [3.63, 3.8) is 0 Å². The minimum absolute atomic E-state index is 0.0862. The summed E-state index contributed by atoms with van der Waals surface area (Å²) in [7, 11) is 0. The number of ether oxygens (including phenoxy) is 3. The SMILES string of the molecule is CC1CCC(CC(=O)c2ccc3cc(-c4ccc(C(=O)COC(=O)[C@@H]5CC[C@H](C)N5C(=O)OC(C)(C)C)cc4)ccc3n2)(C(=O)O)N1C(=O)OC(C)(C)C. The molecular weight excluding hydrogens is 694 g/mol. The number of carboxylic acids is 1. The Hall–Kier alpha value is -5.33. The van der Waals surface area contributed by atoms with E-state index in [0.29, 0.717) is 30.3 Å². The van der Waals surface area contributed by atoms with E-state index in [9.17, 15) is 33.9 Å². The fraction of sp³-hybridized carbons (Fsp3) is 0.488. The molecule has 1 aromatic heterocycles. The van der Waals surface area contributed by atoms with Crippen LogP contribution in [0.4, 0.5) is 9.59 Å². The van der Waals surface area contributed by atoms with Crippen molar-refractivity contribution in [2.24, 2.45) is 0 Å². The fourth-order valence-corrected chi connectivity index (χ4v) is 7.06. The van der Waals surface area contributed by atoms with E-state index in [0.717, 1.165) is 16.5 Å². The summed E-state index contributed by atoms with van der Waals surface area (Å²) >= 11 is 0. The summed E-state index contributed by atoms with van der Waals surface area (Å²) in [5.74, 6) is -2.82. The number of carboxylic acid groups (broad SMARTS) is 1. The smallest absolute Gasteiger partial charge is 0.411 e. The number of esters is 1. The molecule has 5 rings (SSSR count). The Bertz CT molecular complexity index is 1960. The van der Waals surface area contributed by atoms with E-state index >= 15 is 0 Å². The van der Waals surface area contributed by atoms with Gasteiger partial charge in [0.25, 0.3) is 0 Å². The van der Waals surface area contributed by atoms with Crippen molar-refractivity contribution in [2.75, 3.05) is 6.61 Å². The van der Waals surface area contributed by atoms with Crippen molar-refractivity contribution in [3.05, 3.63) is 65.9 Å². The van der Waals surface area contributed by atoms with Crippen molar-refractivity contribution >= 4 is 46.6 Å². The maximum Gasteiger partial charge on any atom is 0.411 e. The molecular formula is C41H49N3O10. The molecule has 3 aromatic rings. The van der Waals surface area contributed by atoms with E-state index in [1.165, 1.54) is 9.80 Å². The molecule has 0 saturated carbocycles. The van der Waals surface area contributed by atoms with Gasteiger partial charge in [0.2, 0.25) is 0 Å². The summed E-state index contributed by atoms with van der Waals surface area (Å²) in [6.07, 6.45) is -0.268. The number of pyridine rings is 1. The number of ketones is 2. The molecule has 2 fully saturated rings. The molecule has 2 saturated heterocycles. The standard InChI is InChI=1S/C41H49N3O10/c1-24-9-18-32(43(24)37(50)53-39(3,4)5)35(47)52-23-34(46)27-12-10-26(11-13-27)28-14-16-30-29(21-28)15-17-31(42-30)33(45)22-41(36(48)49)20-19-25(2)44(41)38(51)54-40(6,7)8/h10-17,21,24-25,32H,9,18-20,22-23H2,1-8H3,(H,48,49)/t24-,25?,32-,41?/m0/s1. The molecule has 1 N–H and O–H groups in total. The molecule has 2 aromatic carbocycles. The Morgan fingerprint density at radius 3 is 2.04 bits per heavy atom. The van der Waals surface area contributed by atoms with Gasteiger partial charge < -0.3 is 19.3 Å². The third-order valence-corrected chi connectivity index (χ3v) is 9.72. The van der Waals surface area contributed by atoms with Crippen LogP contribution in [0.15, 0.2) is 54.6 Å². The zero-order valence-electron chi connectivity index (χ0n) is 32.1. The minimum Gasteiger partial charge on any atom is -0.479 e. The van der Waals surface area contributed by atoms with Crippen molar-refractivity contribution < 1.29 is 48.1 Å². The largest absolute Gasteiger partial charge is 0.479 e. The van der Waals surface area contributed by atoms with Crippen LogP contribution < -0.4 is 0 Å². The van der Waals surface area contributed by atoms with Crippen molar-refractivity contribution in [2.45, 2.75) is 122 Å². The first kappa shape index (κ1) is 39.9. The maximum atomic E-state index is 13.6. The van der Waals surface area contributed by atoms with Crippen LogP contribution in [-0.4, -0.2) is 97.1 Å². The van der Waals surface area contributed by atoms with Gasteiger partial charge in [-0.25, -0.2) is 24.2 Å². The van der Waals surface area contributed by atoms with E-state index in [2.05, 4.69) is 4.98 Å². The maximum absolute atomic E-state index is 13.6. The second-order valence-electron chi connectivity index (χ2n) is 16.2. The van der Waals surface area contributed by atoms with Crippen LogP contribution >= 0.6 is 0 Å². The van der Waals surface area contributed by atoms with Crippen LogP contribution in [0.25, 0.3) is 22.0 Å². The van der Waals surface area contributed by atoms with Gasteiger partial charge in [-0.1, -0.05) is 36.4 Å². The van der Waals surface area contributed by atoms with Gasteiger partial charge in [0.05, 0.1) is 5.52 Å². The average Bonchev–Trinajstić information content (AvgIpc) is 3.65. The van der Waals surface area contributed by atoms with Gasteiger partial charge in [-0.05, 0) is 110 Å². The van der Waals surface area contributed by atoms with Crippen LogP contribution in [0.1, 0.15) is 108 Å². The number of benzene rings is 2. The van der Waals surface area contributed by atoms with E-state index in [4.69, 9.17) is 14.2 Å². The van der Waals surface area contributed by atoms with E-state index < -0.39 is 77.5 Å². The number of aromatic nitrogens is 1. The predicted octanol–water partition coefficient (Wildman–Crippen LogP) is 7.23. The van der Waals surface area contributed by atoms with Gasteiger partial charge in [-0.15, -0.1) is 0 Å². The molecule has 2 aliphatic rings. The Kier molecular flexibility index (Phi) is 11.2. The lowest BCUT2D eigenvalue weighted by Crippen LogP contribution is -2.57. The molecule has 288 valence electrons. The number of Topliss-reactive ketones (excluding diaryl/α,β-unsaturated/α-hetero) is 2. The molecule has 0 aliphatic carbocycles. The Morgan fingerprint density at radius 2 is 1.41 bits per heavy atom. The first-order chi connectivity index (χ1) is 25.2. The summed E-state index contributed by atoms with van der Waals surface area (Å²) in [6.45, 7) is 13.5. The molecule has 0 spiro atoms. The highest BCUT2D eigenvalue weighted by molar-refractivity contribution is 6.02. The molecule has 13 heteroatoms. The summed E-state index contributed by atoms with van der Waals surface area (Å²) in [4.78, 5) is 85.1. The van der Waals surface area contributed by atoms with Crippen LogP contribution in [0.2, 0.25) is 0 Å². The number of aliphatic carboxylic acids is 1. The molecule has 4 atom stereocenters. The number of hydrogen-bond donors (Lipinski definition) is 1. The van der Waals surface area contributed by atoms with Crippen LogP contribution in [0.5, 0.6) is 0 Å². The number of carbonyl (C=O) groups is 6. The summed E-state index contributed by atoms with van der Waals surface area (Å²) in [5.41, 5.74) is -0.734. The van der Waals surface area contributed by atoms with Crippen molar-refractivity contribution in [1.82, 2.24) is 14.8 Å². The van der Waals surface area contributed by atoms with Crippen LogP contribution in [-0.2, 0) is 23.8 Å². The quantitative estimate of drug-likeness (QED) is 0.133. The lowest BCUT2D eigenvalue weighted by atomic mass is 9.89. The number of fused-ring (bicyclic) bond motifs is 1. The van der Waals surface area contributed by atoms with Crippen molar-refractivity contribution in [1.29, 1.82) is 0 Å². The van der Waals surface area contributed by atoms with Gasteiger partial charge >= 0.3 is 24.1 Å². The van der Waals surface area contributed by atoms with Gasteiger partial charge in [-0.2, -0.15) is 0 Å². The van der Waals surface area contributed by atoms with E-state index in [-0.39, 0.29) is 18.2 Å². The number of carbonyl (C=O) groups excluding carboxylic acids is 5. The van der Waals surface area contributed by atoms with Crippen LogP contribution in [0, 0.1) is 0 Å². The number of amides is 2. The minimum atomic E-state index is -1.76. The molecule has 2 amide bonds. The third-order valence-electron chi connectivity index (χ3n) is 9.72. The number of nitrogens with zero attached hydrogens (tertiary/aromatic N) is 3. The molecule has 2 unspecified atom stereocenters. The first-order valence-corrected chi connectivity index (χ1v) is 18.2. The first-order valence-electron chi connectivity index (χ1n) is 18.2. The lowest BCUT2D eigenvalue weighted by molar-refractivity contribution is -0.150. The summed E-state index contributed by atoms with van der Waals surface area (Å²) < 4.78 is 16.4. The average molecular weight is 744 g/mol. The van der Waals surface area contributed by atoms with Crippen molar-refractivity contribution in [3.8, 4) is 11.1 Å². The van der Waals surface area contributed by atoms with Gasteiger partial charge in [-0.3, -0.25) is 19.4 Å². The number of likely N-dealkylation sites (tertiary alicyclic amines) is 2. The molecule has 54 heavy (non-hydrogen) atoms. The highest BCUT2D eigenvalue weighted by atomic mass is 16.6. The fourth-order valence-electron chi connectivity index (χ4n) is 7.06. The second-order valence-corrected chi connectivity index (χ2v) is 16.2. The Morgan fingerprint density at radius 1 is 0.778 bits per heavy atom. The predicted molar refractivity (Wildman–Crippen MR) is 199 cm³/mol. The zero-order chi connectivity index (χ0) is 39.7. The Balaban J connectivity index is 1.24. The Labute approximate surface area is 314 Å². The summed E-state index contributed by atoms with van der Waals surface area (Å²) in [5, 5.41) is 11.1. The summed E-state index contributed by atoms with van der Waals surface area (Å²) in [6, 6.07) is 14.1. The van der Waals surface area contributed by atoms with Gasteiger partial charge in [0.1, 0.15) is 22.9 Å². The van der Waals surface area contributed by atoms with Gasteiger partial charge in [0, 0.05) is 29.5 Å². The third kappa shape index (κ3) is 8.72. The second kappa shape index (κ2) is 15.2. The monoisotopic (exact) mass is 743 g/mol. The zero-order valence-corrected chi connectivity index (χ0v) is 32.1. The van der Waals surface area contributed by atoms with E-state index in [1.807, 2.05) is 19.1 Å². The normalized spacial score (nSPS) is 21.5. The number of hydrogen-bond acceptors (Lipinski definition) is 10. The van der Waals surface area contributed by atoms with Crippen LogP contribution in [0.3, 0.4) is 0 Å².